The van der Waals surface area contributed by atoms with Gasteiger partial charge in [-0.25, -0.2) is 0 Å². The van der Waals surface area contributed by atoms with Crippen molar-refractivity contribution in [1.29, 1.82) is 0 Å². The first-order valence-corrected chi connectivity index (χ1v) is 5.64. The highest BCUT2D eigenvalue weighted by Gasteiger charge is 2.32. The minimum absolute atomic E-state index is 0.0554. The molecule has 1 aliphatic rings. The molecule has 0 unspecified atom stereocenters. The molecule has 0 radical (unpaired) electrons. The number of hydrogen-bond donors (Lipinski definition) is 2. The van der Waals surface area contributed by atoms with E-state index < -0.39 is 10.9 Å². The molecule has 2 N–H and O–H groups in total. The van der Waals surface area contributed by atoms with Gasteiger partial charge in [-0.15, -0.1) is 0 Å². The zero-order valence-electron chi connectivity index (χ0n) is 9.87. The van der Waals surface area contributed by atoms with Gasteiger partial charge in [0.25, 0.3) is 0 Å². The molecular weight excluding hydrogens is 240 g/mol. The molecule has 1 heterocycles. The lowest BCUT2D eigenvalue weighted by molar-refractivity contribution is -0.388. The summed E-state index contributed by atoms with van der Waals surface area (Å²) in [6.45, 7) is 0. The van der Waals surface area contributed by atoms with Gasteiger partial charge >= 0.3 is 11.8 Å². The normalized spacial score (nSPS) is 22.9. The highest BCUT2D eigenvalue weighted by Crippen LogP contribution is 2.30. The van der Waals surface area contributed by atoms with Crippen LogP contribution in [0.1, 0.15) is 19.3 Å². The lowest BCUT2D eigenvalue weighted by Crippen LogP contribution is -2.19. The van der Waals surface area contributed by atoms with E-state index in [2.05, 4.69) is 10.3 Å². The van der Waals surface area contributed by atoms with Gasteiger partial charge in [0.1, 0.15) is 0 Å². The number of carbonyl (C=O) groups is 1. The maximum Gasteiger partial charge on any atom is 0.406 e. The van der Waals surface area contributed by atoms with Gasteiger partial charge in [-0.2, -0.15) is 0 Å². The van der Waals surface area contributed by atoms with Crippen molar-refractivity contribution in [2.75, 3.05) is 5.32 Å². The fourth-order valence-corrected chi connectivity index (χ4v) is 2.25. The molecule has 1 aromatic heterocycles. The summed E-state index contributed by atoms with van der Waals surface area (Å²) in [4.78, 5) is 24.8. The summed E-state index contributed by atoms with van der Waals surface area (Å²) in [5.74, 6) is -1.07. The molecule has 8 heteroatoms. The monoisotopic (exact) mass is 254 g/mol. The third-order valence-corrected chi connectivity index (χ3v) is 3.21. The SMILES string of the molecule is Cn1cnc([N+](=O)[O-])c1N[C@H]1CC[C@@H](C(=O)O)C1. The van der Waals surface area contributed by atoms with E-state index in [9.17, 15) is 14.9 Å². The van der Waals surface area contributed by atoms with Crippen molar-refractivity contribution in [3.63, 3.8) is 0 Å². The zero-order chi connectivity index (χ0) is 13.3. The van der Waals surface area contributed by atoms with Gasteiger partial charge in [0.2, 0.25) is 12.1 Å². The molecule has 1 fully saturated rings. The van der Waals surface area contributed by atoms with E-state index in [1.54, 1.807) is 7.05 Å². The van der Waals surface area contributed by atoms with E-state index >= 15 is 0 Å². The molecule has 0 spiro atoms. The summed E-state index contributed by atoms with van der Waals surface area (Å²) in [6, 6.07) is -0.0554. The number of nitrogens with one attached hydrogen (secondary N) is 1. The summed E-state index contributed by atoms with van der Waals surface area (Å²) >= 11 is 0. The Morgan fingerprint density at radius 2 is 2.39 bits per heavy atom. The van der Waals surface area contributed by atoms with Crippen molar-refractivity contribution in [2.45, 2.75) is 25.3 Å². The Morgan fingerprint density at radius 3 is 2.94 bits per heavy atom. The van der Waals surface area contributed by atoms with Crippen molar-refractivity contribution in [2.24, 2.45) is 13.0 Å². The van der Waals surface area contributed by atoms with Crippen molar-refractivity contribution < 1.29 is 14.8 Å². The summed E-state index contributed by atoms with van der Waals surface area (Å²) in [6.07, 6.45) is 3.14. The third-order valence-electron chi connectivity index (χ3n) is 3.21. The first-order valence-electron chi connectivity index (χ1n) is 5.64. The molecular formula is C10H14N4O4. The van der Waals surface area contributed by atoms with Crippen molar-refractivity contribution in [3.05, 3.63) is 16.4 Å². The minimum Gasteiger partial charge on any atom is -0.481 e. The fourth-order valence-electron chi connectivity index (χ4n) is 2.25. The number of carboxylic acids is 1. The number of hydrogen-bond acceptors (Lipinski definition) is 5. The van der Waals surface area contributed by atoms with Crippen LogP contribution in [0, 0.1) is 16.0 Å². The van der Waals surface area contributed by atoms with Gasteiger partial charge in [0.15, 0.2) is 0 Å². The maximum absolute atomic E-state index is 10.8. The molecule has 0 saturated heterocycles. The fraction of sp³-hybridized carbons (Fsp3) is 0.600. The number of aromatic nitrogens is 2. The number of nitro groups is 1. The molecule has 0 aromatic carbocycles. The lowest BCUT2D eigenvalue weighted by atomic mass is 10.1. The molecule has 18 heavy (non-hydrogen) atoms. The van der Waals surface area contributed by atoms with Gasteiger partial charge < -0.3 is 20.5 Å². The van der Waals surface area contributed by atoms with E-state index in [0.717, 1.165) is 0 Å². The van der Waals surface area contributed by atoms with E-state index in [-0.39, 0.29) is 17.8 Å². The van der Waals surface area contributed by atoms with Crippen LogP contribution in [0.15, 0.2) is 6.33 Å². The van der Waals surface area contributed by atoms with Gasteiger partial charge in [0, 0.05) is 13.1 Å². The molecule has 0 amide bonds. The summed E-state index contributed by atoms with van der Waals surface area (Å²) in [5.41, 5.74) is 0. The van der Waals surface area contributed by atoms with Gasteiger partial charge in [-0.05, 0) is 29.2 Å². The second-order valence-electron chi connectivity index (χ2n) is 4.47. The number of anilines is 1. The molecule has 0 bridgehead atoms. The standard InChI is InChI=1S/C10H14N4O4/c1-13-5-11-8(14(17)18)9(13)12-7-3-2-6(4-7)10(15)16/h5-7,12H,2-4H2,1H3,(H,15,16)/t6-,7+/m1/s1. The van der Waals surface area contributed by atoms with Crippen LogP contribution >= 0.6 is 0 Å². The van der Waals surface area contributed by atoms with E-state index in [1.807, 2.05) is 0 Å². The van der Waals surface area contributed by atoms with E-state index in [4.69, 9.17) is 5.11 Å². The number of imidazole rings is 1. The Kier molecular flexibility index (Phi) is 3.17. The predicted molar refractivity (Wildman–Crippen MR) is 62.2 cm³/mol. The highest BCUT2D eigenvalue weighted by atomic mass is 16.6. The Hall–Kier alpha value is -2.12. The van der Waals surface area contributed by atoms with Crippen LogP contribution in [-0.4, -0.2) is 31.6 Å². The molecule has 0 aliphatic heterocycles. The average Bonchev–Trinajstić information content (AvgIpc) is 2.88. The van der Waals surface area contributed by atoms with Crippen LogP contribution in [0.3, 0.4) is 0 Å². The largest absolute Gasteiger partial charge is 0.481 e. The van der Waals surface area contributed by atoms with Gasteiger partial charge in [-0.3, -0.25) is 9.36 Å². The van der Waals surface area contributed by atoms with Crippen LogP contribution in [0.2, 0.25) is 0 Å². The quantitative estimate of drug-likeness (QED) is 0.612. The van der Waals surface area contributed by atoms with Crippen LogP contribution in [0.25, 0.3) is 0 Å². The number of rotatable bonds is 4. The molecule has 2 rings (SSSR count). The third kappa shape index (κ3) is 2.27. The average molecular weight is 254 g/mol. The van der Waals surface area contributed by atoms with Crippen LogP contribution in [-0.2, 0) is 11.8 Å². The maximum atomic E-state index is 10.8. The van der Waals surface area contributed by atoms with Crippen molar-refractivity contribution >= 4 is 17.6 Å². The first-order chi connectivity index (χ1) is 8.49. The lowest BCUT2D eigenvalue weighted by Gasteiger charge is -2.13. The van der Waals surface area contributed by atoms with E-state index in [0.29, 0.717) is 25.1 Å². The summed E-state index contributed by atoms with van der Waals surface area (Å²) in [5, 5.41) is 22.7. The van der Waals surface area contributed by atoms with Crippen LogP contribution < -0.4 is 5.32 Å². The molecule has 1 saturated carbocycles. The second kappa shape index (κ2) is 4.63. The summed E-state index contributed by atoms with van der Waals surface area (Å²) in [7, 11) is 1.66. The molecule has 1 aromatic rings. The number of aliphatic carboxylic acids is 1. The van der Waals surface area contributed by atoms with Gasteiger partial charge in [0.05, 0.1) is 5.92 Å². The second-order valence-corrected chi connectivity index (χ2v) is 4.47. The summed E-state index contributed by atoms with van der Waals surface area (Å²) < 4.78 is 1.53. The number of carboxylic acid groups (broad SMARTS) is 1. The minimum atomic E-state index is -0.807. The number of nitrogens with zero attached hydrogens (tertiary/aromatic N) is 3. The smallest absolute Gasteiger partial charge is 0.406 e. The Labute approximate surface area is 103 Å². The number of aryl methyl sites for hydroxylation is 1. The first kappa shape index (κ1) is 12.3. The van der Waals surface area contributed by atoms with Crippen molar-refractivity contribution in [3.8, 4) is 0 Å². The predicted octanol–water partition coefficient (Wildman–Crippen LogP) is 0.993. The molecule has 8 nitrogen and oxygen atoms in total. The van der Waals surface area contributed by atoms with Crippen molar-refractivity contribution in [1.82, 2.24) is 9.55 Å². The highest BCUT2D eigenvalue weighted by molar-refractivity contribution is 5.70. The van der Waals surface area contributed by atoms with Crippen LogP contribution in [0.4, 0.5) is 11.6 Å². The van der Waals surface area contributed by atoms with E-state index in [1.165, 1.54) is 10.9 Å². The van der Waals surface area contributed by atoms with Crippen LogP contribution in [0.5, 0.6) is 0 Å². The molecule has 98 valence electrons. The topological polar surface area (TPSA) is 110 Å². The Morgan fingerprint density at radius 1 is 1.67 bits per heavy atom. The Balaban J connectivity index is 2.09. The molecule has 1 aliphatic carbocycles. The van der Waals surface area contributed by atoms with Gasteiger partial charge in [-0.1, -0.05) is 0 Å². The zero-order valence-corrected chi connectivity index (χ0v) is 9.87. The molecule has 2 atom stereocenters. The Bertz CT molecular complexity index is 484.